The molecule has 0 aromatic heterocycles. The highest BCUT2D eigenvalue weighted by Gasteiger charge is 2.10. The van der Waals surface area contributed by atoms with Gasteiger partial charge in [-0.25, -0.2) is 0 Å². The van der Waals surface area contributed by atoms with Crippen LogP contribution in [0.4, 0.5) is 5.69 Å². The third kappa shape index (κ3) is 3.48. The molecule has 2 aromatic carbocycles. The van der Waals surface area contributed by atoms with Gasteiger partial charge in [0.05, 0.1) is 5.71 Å². The summed E-state index contributed by atoms with van der Waals surface area (Å²) in [5.41, 5.74) is 3.63. The summed E-state index contributed by atoms with van der Waals surface area (Å²) in [6, 6.07) is 14.8. The molecule has 4 heteroatoms. The molecule has 0 unspecified atom stereocenters. The molecular weight excluding hydrogens is 264 g/mol. The summed E-state index contributed by atoms with van der Waals surface area (Å²) in [6.07, 6.45) is 0.805. The zero-order valence-corrected chi connectivity index (χ0v) is 12.1. The molecule has 21 heavy (non-hydrogen) atoms. The maximum Gasteiger partial charge on any atom is 0.255 e. The smallest absolute Gasteiger partial charge is 0.255 e. The molecule has 0 aliphatic heterocycles. The summed E-state index contributed by atoms with van der Waals surface area (Å²) < 4.78 is 0. The maximum atomic E-state index is 12.4. The van der Waals surface area contributed by atoms with Crippen molar-refractivity contribution in [1.29, 1.82) is 0 Å². The monoisotopic (exact) mass is 282 g/mol. The van der Waals surface area contributed by atoms with E-state index >= 15 is 0 Å². The van der Waals surface area contributed by atoms with Crippen LogP contribution in [0.25, 0.3) is 0 Å². The van der Waals surface area contributed by atoms with Gasteiger partial charge < -0.3 is 10.5 Å². The Morgan fingerprint density at radius 3 is 2.67 bits per heavy atom. The molecule has 0 radical (unpaired) electrons. The summed E-state index contributed by atoms with van der Waals surface area (Å²) in [4.78, 5) is 12.4. The molecule has 108 valence electrons. The minimum Gasteiger partial charge on any atom is -0.411 e. The zero-order valence-electron chi connectivity index (χ0n) is 12.1. The molecule has 0 bridgehead atoms. The molecule has 0 atom stereocenters. The van der Waals surface area contributed by atoms with Gasteiger partial charge in [-0.15, -0.1) is 0 Å². The normalized spacial score (nSPS) is 11.2. The summed E-state index contributed by atoms with van der Waals surface area (Å²) in [5, 5.41) is 14.9. The van der Waals surface area contributed by atoms with Crippen molar-refractivity contribution in [2.45, 2.75) is 20.3 Å². The van der Waals surface area contributed by atoms with E-state index in [-0.39, 0.29) is 5.91 Å². The van der Waals surface area contributed by atoms with Crippen molar-refractivity contribution in [3.05, 3.63) is 65.2 Å². The van der Waals surface area contributed by atoms with Crippen LogP contribution in [-0.4, -0.2) is 16.8 Å². The Morgan fingerprint density at radius 2 is 1.95 bits per heavy atom. The number of aryl methyl sites for hydroxylation is 1. The maximum absolute atomic E-state index is 12.4. The summed E-state index contributed by atoms with van der Waals surface area (Å²) in [6.45, 7) is 3.72. The fourth-order valence-electron chi connectivity index (χ4n) is 2.13. The van der Waals surface area contributed by atoms with Crippen LogP contribution in [0.15, 0.2) is 53.7 Å². The van der Waals surface area contributed by atoms with E-state index < -0.39 is 0 Å². The molecule has 0 aliphatic rings. The van der Waals surface area contributed by atoms with E-state index in [0.29, 0.717) is 17.0 Å². The highest BCUT2D eigenvalue weighted by atomic mass is 16.4. The Kier molecular flexibility index (Phi) is 4.72. The number of carbonyl (C=O) groups excluding carboxylic acids is 1. The number of benzene rings is 2. The number of anilines is 1. The lowest BCUT2D eigenvalue weighted by molar-refractivity contribution is 0.102. The van der Waals surface area contributed by atoms with Gasteiger partial charge in [-0.3, -0.25) is 4.79 Å². The predicted octanol–water partition coefficient (Wildman–Crippen LogP) is 3.70. The summed E-state index contributed by atoms with van der Waals surface area (Å²) in [7, 11) is 0. The summed E-state index contributed by atoms with van der Waals surface area (Å²) >= 11 is 0. The Morgan fingerprint density at radius 1 is 1.19 bits per heavy atom. The Bertz CT molecular complexity index is 678. The van der Waals surface area contributed by atoms with Gasteiger partial charge in [-0.2, -0.15) is 0 Å². The second kappa shape index (κ2) is 6.70. The average Bonchev–Trinajstić information content (AvgIpc) is 2.54. The number of carbonyl (C=O) groups is 1. The SMILES string of the molecule is CCc1ccccc1C(=O)Nc1cccc(/C(C)=N/O)c1. The number of rotatable bonds is 4. The van der Waals surface area contributed by atoms with Crippen molar-refractivity contribution in [3.63, 3.8) is 0 Å². The van der Waals surface area contributed by atoms with Gasteiger partial charge in [0.2, 0.25) is 0 Å². The van der Waals surface area contributed by atoms with Gasteiger partial charge in [0, 0.05) is 16.8 Å². The first-order chi connectivity index (χ1) is 10.2. The van der Waals surface area contributed by atoms with E-state index in [1.807, 2.05) is 43.3 Å². The molecule has 2 aromatic rings. The summed E-state index contributed by atoms with van der Waals surface area (Å²) in [5.74, 6) is -0.136. The van der Waals surface area contributed by atoms with Crippen molar-refractivity contribution in [3.8, 4) is 0 Å². The number of nitrogens with zero attached hydrogens (tertiary/aromatic N) is 1. The first kappa shape index (κ1) is 14.8. The lowest BCUT2D eigenvalue weighted by Gasteiger charge is -2.10. The minimum absolute atomic E-state index is 0.136. The fourth-order valence-corrected chi connectivity index (χ4v) is 2.13. The van der Waals surface area contributed by atoms with Gasteiger partial charge >= 0.3 is 0 Å². The van der Waals surface area contributed by atoms with Crippen LogP contribution in [0.3, 0.4) is 0 Å². The van der Waals surface area contributed by atoms with E-state index in [9.17, 15) is 4.79 Å². The van der Waals surface area contributed by atoms with Gasteiger partial charge in [-0.05, 0) is 37.1 Å². The van der Waals surface area contributed by atoms with E-state index in [1.165, 1.54) is 0 Å². The second-order valence-electron chi connectivity index (χ2n) is 4.73. The molecule has 0 saturated heterocycles. The Hall–Kier alpha value is -2.62. The van der Waals surface area contributed by atoms with Crippen LogP contribution in [-0.2, 0) is 6.42 Å². The minimum atomic E-state index is -0.136. The Labute approximate surface area is 124 Å². The van der Waals surface area contributed by atoms with Crippen LogP contribution < -0.4 is 5.32 Å². The van der Waals surface area contributed by atoms with Gasteiger partial charge in [0.25, 0.3) is 5.91 Å². The highest BCUT2D eigenvalue weighted by Crippen LogP contribution is 2.15. The Balaban J connectivity index is 2.24. The molecule has 2 rings (SSSR count). The average molecular weight is 282 g/mol. The van der Waals surface area contributed by atoms with Gasteiger partial charge in [-0.1, -0.05) is 42.4 Å². The molecule has 0 saturated carbocycles. The van der Waals surface area contributed by atoms with Crippen LogP contribution in [0.2, 0.25) is 0 Å². The standard InChI is InChI=1S/C17H18N2O2/c1-3-13-7-4-5-10-16(13)17(20)18-15-9-6-8-14(11-15)12(2)19-21/h4-11,21H,3H2,1-2H3,(H,18,20)/b19-12+. The number of amides is 1. The lowest BCUT2D eigenvalue weighted by Crippen LogP contribution is -2.14. The van der Waals surface area contributed by atoms with E-state index in [1.54, 1.807) is 19.1 Å². The van der Waals surface area contributed by atoms with Crippen molar-refractivity contribution < 1.29 is 10.0 Å². The highest BCUT2D eigenvalue weighted by molar-refractivity contribution is 6.06. The first-order valence-corrected chi connectivity index (χ1v) is 6.84. The topological polar surface area (TPSA) is 61.7 Å². The van der Waals surface area contributed by atoms with E-state index in [2.05, 4.69) is 10.5 Å². The van der Waals surface area contributed by atoms with Crippen LogP contribution in [0, 0.1) is 0 Å². The molecule has 0 spiro atoms. The van der Waals surface area contributed by atoms with Crippen molar-refractivity contribution >= 4 is 17.3 Å². The second-order valence-corrected chi connectivity index (χ2v) is 4.73. The zero-order chi connectivity index (χ0) is 15.2. The predicted molar refractivity (Wildman–Crippen MR) is 84.2 cm³/mol. The molecule has 1 amide bonds. The molecule has 2 N–H and O–H groups in total. The third-order valence-electron chi connectivity index (χ3n) is 3.33. The number of oxime groups is 1. The van der Waals surface area contributed by atoms with Crippen LogP contribution in [0.1, 0.15) is 35.3 Å². The van der Waals surface area contributed by atoms with Gasteiger partial charge in [0.15, 0.2) is 0 Å². The number of hydrogen-bond donors (Lipinski definition) is 2. The first-order valence-electron chi connectivity index (χ1n) is 6.84. The van der Waals surface area contributed by atoms with Crippen molar-refractivity contribution in [1.82, 2.24) is 0 Å². The van der Waals surface area contributed by atoms with Gasteiger partial charge in [0.1, 0.15) is 0 Å². The molecular formula is C17H18N2O2. The van der Waals surface area contributed by atoms with Crippen LogP contribution >= 0.6 is 0 Å². The molecule has 0 aliphatic carbocycles. The number of hydrogen-bond acceptors (Lipinski definition) is 3. The van der Waals surface area contributed by atoms with E-state index in [4.69, 9.17) is 5.21 Å². The molecule has 0 heterocycles. The quantitative estimate of drug-likeness (QED) is 0.510. The van der Waals surface area contributed by atoms with Crippen LogP contribution in [0.5, 0.6) is 0 Å². The fraction of sp³-hybridized carbons (Fsp3) is 0.176. The number of nitrogens with one attached hydrogen (secondary N) is 1. The van der Waals surface area contributed by atoms with E-state index in [0.717, 1.165) is 17.5 Å². The molecule has 0 fully saturated rings. The molecule has 4 nitrogen and oxygen atoms in total. The third-order valence-corrected chi connectivity index (χ3v) is 3.33. The van der Waals surface area contributed by atoms with Crippen molar-refractivity contribution in [2.75, 3.05) is 5.32 Å². The largest absolute Gasteiger partial charge is 0.411 e. The lowest BCUT2D eigenvalue weighted by atomic mass is 10.0. The van der Waals surface area contributed by atoms with Crippen molar-refractivity contribution in [2.24, 2.45) is 5.16 Å².